The lowest BCUT2D eigenvalue weighted by atomic mass is 9.88. The number of nitrogens with one attached hydrogen (secondary N) is 2. The largest absolute Gasteiger partial charge is 0.349 e. The van der Waals surface area contributed by atoms with E-state index in [0.717, 1.165) is 6.42 Å². The maximum atomic E-state index is 11.7. The van der Waals surface area contributed by atoms with Gasteiger partial charge in [0.1, 0.15) is 5.69 Å². The second kappa shape index (κ2) is 5.77. The molecule has 1 amide bonds. The van der Waals surface area contributed by atoms with E-state index >= 15 is 0 Å². The fraction of sp³-hybridized carbons (Fsp3) is 0.583. The molecule has 0 aliphatic rings. The molecule has 0 aliphatic carbocycles. The third kappa shape index (κ3) is 5.09. The predicted molar refractivity (Wildman–Crippen MR) is 69.2 cm³/mol. The van der Waals surface area contributed by atoms with Crippen LogP contribution in [-0.2, 0) is 0 Å². The minimum atomic E-state index is -0.337. The van der Waals surface area contributed by atoms with Crippen molar-refractivity contribution in [2.45, 2.75) is 33.2 Å². The Hall–Kier alpha value is -1.69. The molecule has 18 heavy (non-hydrogen) atoms. The average Bonchev–Trinajstić information content (AvgIpc) is 2.24. The molecule has 1 atom stereocenters. The number of carbonyl (C=O) groups excluding carboxylic acids is 1. The van der Waals surface area contributed by atoms with E-state index in [2.05, 4.69) is 36.3 Å². The molecular formula is C12H20N4O2. The smallest absolute Gasteiger partial charge is 0.271 e. The summed E-state index contributed by atoms with van der Waals surface area (Å²) in [7, 11) is 0. The van der Waals surface area contributed by atoms with Crippen LogP contribution in [0.25, 0.3) is 0 Å². The van der Waals surface area contributed by atoms with Gasteiger partial charge in [0.2, 0.25) is 0 Å². The van der Waals surface area contributed by atoms with Gasteiger partial charge in [0.25, 0.3) is 11.5 Å². The highest BCUT2D eigenvalue weighted by Gasteiger charge is 2.16. The zero-order valence-corrected chi connectivity index (χ0v) is 11.0. The zero-order chi connectivity index (χ0) is 13.8. The first-order valence-electron chi connectivity index (χ1n) is 5.87. The molecule has 1 aromatic rings. The standard InChI is InChI=1S/C12H20N4O2/c1-12(2,3)6-8(13)7-14-11(18)9-4-5-10(17)16-15-9/h4-5,8H,6-7,13H2,1-3H3,(H,14,18)(H,16,17). The van der Waals surface area contributed by atoms with Gasteiger partial charge in [-0.25, -0.2) is 5.10 Å². The molecule has 0 fully saturated rings. The summed E-state index contributed by atoms with van der Waals surface area (Å²) in [5, 5.41) is 8.54. The van der Waals surface area contributed by atoms with E-state index in [1.54, 1.807) is 0 Å². The number of hydrogen-bond donors (Lipinski definition) is 3. The molecule has 0 aromatic carbocycles. The molecule has 4 N–H and O–H groups in total. The van der Waals surface area contributed by atoms with Gasteiger partial charge in [-0.1, -0.05) is 20.8 Å². The van der Waals surface area contributed by atoms with Crippen LogP contribution in [0.3, 0.4) is 0 Å². The highest BCUT2D eigenvalue weighted by molar-refractivity contribution is 5.91. The van der Waals surface area contributed by atoms with Gasteiger partial charge < -0.3 is 11.1 Å². The Morgan fingerprint density at radius 3 is 2.67 bits per heavy atom. The number of aromatic nitrogens is 2. The summed E-state index contributed by atoms with van der Waals surface area (Å²) in [6.45, 7) is 6.67. The monoisotopic (exact) mass is 252 g/mol. The molecule has 1 rings (SSSR count). The normalized spacial score (nSPS) is 13.1. The van der Waals surface area contributed by atoms with Crippen LogP contribution >= 0.6 is 0 Å². The summed E-state index contributed by atoms with van der Waals surface area (Å²) in [5.41, 5.74) is 5.88. The van der Waals surface area contributed by atoms with Crippen LogP contribution in [0.5, 0.6) is 0 Å². The van der Waals surface area contributed by atoms with Gasteiger partial charge in [-0.05, 0) is 17.9 Å². The maximum absolute atomic E-state index is 11.7. The fourth-order valence-corrected chi connectivity index (χ4v) is 1.64. The fourth-order valence-electron chi connectivity index (χ4n) is 1.64. The molecule has 0 bridgehead atoms. The number of nitrogens with two attached hydrogens (primary N) is 1. The Bertz CT molecular complexity index is 441. The van der Waals surface area contributed by atoms with Crippen molar-refractivity contribution in [2.75, 3.05) is 6.54 Å². The van der Waals surface area contributed by atoms with Crippen LogP contribution in [-0.4, -0.2) is 28.7 Å². The number of rotatable bonds is 4. The van der Waals surface area contributed by atoms with E-state index in [0.29, 0.717) is 6.54 Å². The van der Waals surface area contributed by atoms with Crippen molar-refractivity contribution >= 4 is 5.91 Å². The third-order valence-electron chi connectivity index (χ3n) is 2.31. The number of hydrogen-bond acceptors (Lipinski definition) is 4. The Morgan fingerprint density at radius 1 is 1.50 bits per heavy atom. The SMILES string of the molecule is CC(C)(C)CC(N)CNC(=O)c1ccc(=O)[nH]n1. The first kappa shape index (κ1) is 14.4. The van der Waals surface area contributed by atoms with Gasteiger partial charge in [-0.2, -0.15) is 5.10 Å². The van der Waals surface area contributed by atoms with E-state index in [1.165, 1.54) is 12.1 Å². The average molecular weight is 252 g/mol. The van der Waals surface area contributed by atoms with Gasteiger partial charge >= 0.3 is 0 Å². The summed E-state index contributed by atoms with van der Waals surface area (Å²) < 4.78 is 0. The summed E-state index contributed by atoms with van der Waals surface area (Å²) in [6, 6.07) is 2.54. The van der Waals surface area contributed by atoms with Gasteiger partial charge in [-0.3, -0.25) is 9.59 Å². The molecule has 0 spiro atoms. The number of aromatic amines is 1. The van der Waals surface area contributed by atoms with Crippen molar-refractivity contribution < 1.29 is 4.79 Å². The van der Waals surface area contributed by atoms with Crippen molar-refractivity contribution in [3.63, 3.8) is 0 Å². The van der Waals surface area contributed by atoms with Crippen molar-refractivity contribution in [1.29, 1.82) is 0 Å². The zero-order valence-electron chi connectivity index (χ0n) is 11.0. The van der Waals surface area contributed by atoms with Crippen molar-refractivity contribution in [3.05, 3.63) is 28.2 Å². The quantitative estimate of drug-likeness (QED) is 0.715. The van der Waals surface area contributed by atoms with E-state index in [1.807, 2.05) is 0 Å². The van der Waals surface area contributed by atoms with E-state index in [9.17, 15) is 9.59 Å². The molecular weight excluding hydrogens is 232 g/mol. The molecule has 1 unspecified atom stereocenters. The van der Waals surface area contributed by atoms with Crippen molar-refractivity contribution in [1.82, 2.24) is 15.5 Å². The molecule has 0 saturated heterocycles. The van der Waals surface area contributed by atoms with Crippen LogP contribution < -0.4 is 16.6 Å². The molecule has 0 aliphatic heterocycles. The molecule has 100 valence electrons. The van der Waals surface area contributed by atoms with Crippen LogP contribution in [0.1, 0.15) is 37.7 Å². The Kier molecular flexibility index (Phi) is 4.61. The Labute approximate surface area is 106 Å². The van der Waals surface area contributed by atoms with Crippen molar-refractivity contribution in [2.24, 2.45) is 11.1 Å². The van der Waals surface area contributed by atoms with Gasteiger partial charge in [0, 0.05) is 18.7 Å². The molecule has 0 saturated carbocycles. The van der Waals surface area contributed by atoms with Gasteiger partial charge in [0.05, 0.1) is 0 Å². The molecule has 1 heterocycles. The summed E-state index contributed by atoms with van der Waals surface area (Å²) in [6.07, 6.45) is 0.812. The Balaban J connectivity index is 2.46. The number of nitrogens with zero attached hydrogens (tertiary/aromatic N) is 1. The number of amides is 1. The van der Waals surface area contributed by atoms with Crippen LogP contribution in [0, 0.1) is 5.41 Å². The number of H-pyrrole nitrogens is 1. The van der Waals surface area contributed by atoms with Gasteiger partial charge in [-0.15, -0.1) is 0 Å². The summed E-state index contributed by atoms with van der Waals surface area (Å²) in [5.74, 6) is -0.337. The third-order valence-corrected chi connectivity index (χ3v) is 2.31. The summed E-state index contributed by atoms with van der Waals surface area (Å²) >= 11 is 0. The first-order chi connectivity index (χ1) is 8.28. The minimum Gasteiger partial charge on any atom is -0.349 e. The van der Waals surface area contributed by atoms with Crippen LogP contribution in [0.2, 0.25) is 0 Å². The van der Waals surface area contributed by atoms with E-state index < -0.39 is 0 Å². The van der Waals surface area contributed by atoms with Crippen molar-refractivity contribution in [3.8, 4) is 0 Å². The van der Waals surface area contributed by atoms with E-state index in [4.69, 9.17) is 5.73 Å². The molecule has 0 radical (unpaired) electrons. The lowest BCUT2D eigenvalue weighted by Crippen LogP contribution is -2.39. The van der Waals surface area contributed by atoms with Crippen LogP contribution in [0.15, 0.2) is 16.9 Å². The molecule has 1 aromatic heterocycles. The lowest BCUT2D eigenvalue weighted by molar-refractivity contribution is 0.0942. The lowest BCUT2D eigenvalue weighted by Gasteiger charge is -2.23. The van der Waals surface area contributed by atoms with Gasteiger partial charge in [0.15, 0.2) is 0 Å². The minimum absolute atomic E-state index is 0.100. The maximum Gasteiger partial charge on any atom is 0.271 e. The topological polar surface area (TPSA) is 101 Å². The predicted octanol–water partition coefficient (Wildman–Crippen LogP) is 0.263. The second-order valence-corrected chi connectivity index (χ2v) is 5.54. The second-order valence-electron chi connectivity index (χ2n) is 5.54. The molecule has 6 nitrogen and oxygen atoms in total. The van der Waals surface area contributed by atoms with E-state index in [-0.39, 0.29) is 28.6 Å². The van der Waals surface area contributed by atoms with Crippen LogP contribution in [0.4, 0.5) is 0 Å². The first-order valence-corrected chi connectivity index (χ1v) is 5.87. The Morgan fingerprint density at radius 2 is 2.17 bits per heavy atom. The number of carbonyl (C=O) groups is 1. The highest BCUT2D eigenvalue weighted by atomic mass is 16.2. The summed E-state index contributed by atoms with van der Waals surface area (Å²) in [4.78, 5) is 22.5. The molecule has 6 heteroatoms. The highest BCUT2D eigenvalue weighted by Crippen LogP contribution is 2.19.